The molecule has 2 aromatic carbocycles. The molecule has 26 heavy (non-hydrogen) atoms. The fourth-order valence-electron chi connectivity index (χ4n) is 3.23. The molecule has 0 spiro atoms. The van der Waals surface area contributed by atoms with E-state index in [4.69, 9.17) is 10.9 Å². The average molecular weight is 345 g/mol. The molecule has 0 atom stereocenters. The summed E-state index contributed by atoms with van der Waals surface area (Å²) in [5.41, 5.74) is 6.55. The van der Waals surface area contributed by atoms with E-state index < -0.39 is 0 Å². The minimum absolute atomic E-state index is 0.361. The number of benzene rings is 2. The molecule has 0 fully saturated rings. The SMILES string of the molecule is Cn1cc(-c2cc(C(=O)NN)n(Cc3ccccc3)n2)c2ccccc21. The van der Waals surface area contributed by atoms with Gasteiger partial charge in [-0.15, -0.1) is 0 Å². The van der Waals surface area contributed by atoms with E-state index in [9.17, 15) is 4.79 Å². The van der Waals surface area contributed by atoms with Gasteiger partial charge < -0.3 is 4.57 Å². The van der Waals surface area contributed by atoms with Crippen LogP contribution in [0.4, 0.5) is 0 Å². The Kier molecular flexibility index (Phi) is 4.02. The molecule has 0 saturated carbocycles. The summed E-state index contributed by atoms with van der Waals surface area (Å²) in [4.78, 5) is 12.2. The summed E-state index contributed by atoms with van der Waals surface area (Å²) in [6.45, 7) is 0.494. The molecule has 0 bridgehead atoms. The smallest absolute Gasteiger partial charge is 0.283 e. The molecule has 0 aliphatic rings. The van der Waals surface area contributed by atoms with Crippen LogP contribution in [0.1, 0.15) is 16.1 Å². The molecule has 2 aromatic heterocycles. The number of hydrazine groups is 1. The lowest BCUT2D eigenvalue weighted by Crippen LogP contribution is -2.32. The maximum atomic E-state index is 12.2. The van der Waals surface area contributed by atoms with Crippen molar-refractivity contribution in [1.29, 1.82) is 0 Å². The van der Waals surface area contributed by atoms with Gasteiger partial charge in [-0.1, -0.05) is 48.5 Å². The number of nitrogens with zero attached hydrogens (tertiary/aromatic N) is 3. The third-order valence-electron chi connectivity index (χ3n) is 4.49. The number of hydrogen-bond acceptors (Lipinski definition) is 3. The van der Waals surface area contributed by atoms with Crippen LogP contribution in [0.15, 0.2) is 66.9 Å². The number of nitrogens with one attached hydrogen (secondary N) is 1. The number of carbonyl (C=O) groups is 1. The molecule has 0 saturated heterocycles. The van der Waals surface area contributed by atoms with Crippen molar-refractivity contribution < 1.29 is 4.79 Å². The quantitative estimate of drug-likeness (QED) is 0.339. The van der Waals surface area contributed by atoms with Crippen LogP contribution in [0.25, 0.3) is 22.2 Å². The van der Waals surface area contributed by atoms with Gasteiger partial charge in [-0.05, 0) is 17.7 Å². The molecule has 1 amide bonds. The summed E-state index contributed by atoms with van der Waals surface area (Å²) in [7, 11) is 2.00. The summed E-state index contributed by atoms with van der Waals surface area (Å²) < 4.78 is 3.75. The molecule has 0 unspecified atom stereocenters. The van der Waals surface area contributed by atoms with Crippen LogP contribution in [-0.2, 0) is 13.6 Å². The number of para-hydroxylation sites is 1. The molecule has 6 nitrogen and oxygen atoms in total. The topological polar surface area (TPSA) is 77.9 Å². The molecule has 2 heterocycles. The average Bonchev–Trinajstić information content (AvgIpc) is 3.24. The molecule has 4 rings (SSSR count). The Morgan fingerprint density at radius 1 is 1.12 bits per heavy atom. The van der Waals surface area contributed by atoms with Gasteiger partial charge in [0.25, 0.3) is 5.91 Å². The lowest BCUT2D eigenvalue weighted by Gasteiger charge is -2.06. The van der Waals surface area contributed by atoms with Crippen molar-refractivity contribution in [2.45, 2.75) is 6.54 Å². The van der Waals surface area contributed by atoms with E-state index in [0.29, 0.717) is 12.2 Å². The lowest BCUT2D eigenvalue weighted by atomic mass is 10.1. The molecule has 4 aromatic rings. The summed E-state index contributed by atoms with van der Waals surface area (Å²) in [6.07, 6.45) is 2.03. The van der Waals surface area contributed by atoms with E-state index in [2.05, 4.69) is 22.1 Å². The monoisotopic (exact) mass is 345 g/mol. The maximum Gasteiger partial charge on any atom is 0.283 e. The molecule has 0 radical (unpaired) electrons. The van der Waals surface area contributed by atoms with E-state index >= 15 is 0 Å². The van der Waals surface area contributed by atoms with Gasteiger partial charge >= 0.3 is 0 Å². The van der Waals surface area contributed by atoms with Gasteiger partial charge in [-0.3, -0.25) is 14.9 Å². The third-order valence-corrected chi connectivity index (χ3v) is 4.49. The standard InChI is InChI=1S/C20H19N5O/c1-24-13-16(15-9-5-6-10-18(15)24)17-11-19(20(26)22-21)25(23-17)12-14-7-3-2-4-8-14/h2-11,13H,12,21H2,1H3,(H,22,26). The molecule has 0 aliphatic carbocycles. The van der Waals surface area contributed by atoms with Crippen molar-refractivity contribution in [1.82, 2.24) is 19.8 Å². The molecule has 0 aliphatic heterocycles. The van der Waals surface area contributed by atoms with Crippen LogP contribution in [0, 0.1) is 0 Å². The second-order valence-corrected chi connectivity index (χ2v) is 6.20. The molecule has 6 heteroatoms. The normalized spacial score (nSPS) is 11.0. The predicted molar refractivity (Wildman–Crippen MR) is 101 cm³/mol. The fourth-order valence-corrected chi connectivity index (χ4v) is 3.23. The number of aryl methyl sites for hydroxylation is 1. The summed E-state index contributed by atoms with van der Waals surface area (Å²) in [6, 6.07) is 19.8. The Labute approximate surface area is 150 Å². The lowest BCUT2D eigenvalue weighted by molar-refractivity contribution is 0.0943. The van der Waals surface area contributed by atoms with Crippen LogP contribution in [0.3, 0.4) is 0 Å². The van der Waals surface area contributed by atoms with Gasteiger partial charge in [0.2, 0.25) is 0 Å². The van der Waals surface area contributed by atoms with Gasteiger partial charge in [0, 0.05) is 29.7 Å². The largest absolute Gasteiger partial charge is 0.350 e. The minimum Gasteiger partial charge on any atom is -0.350 e. The van der Waals surface area contributed by atoms with Crippen LogP contribution in [0.5, 0.6) is 0 Å². The third kappa shape index (κ3) is 2.76. The first kappa shape index (κ1) is 16.1. The second kappa shape index (κ2) is 6.50. The number of fused-ring (bicyclic) bond motifs is 1. The number of nitrogen functional groups attached to an aromatic ring is 1. The Hall–Kier alpha value is -3.38. The highest BCUT2D eigenvalue weighted by Crippen LogP contribution is 2.30. The zero-order valence-corrected chi connectivity index (χ0v) is 14.4. The summed E-state index contributed by atoms with van der Waals surface area (Å²) >= 11 is 0. The van der Waals surface area contributed by atoms with E-state index in [1.807, 2.05) is 55.7 Å². The number of aromatic nitrogens is 3. The minimum atomic E-state index is -0.361. The Morgan fingerprint density at radius 3 is 2.62 bits per heavy atom. The van der Waals surface area contributed by atoms with Crippen LogP contribution in [-0.4, -0.2) is 20.3 Å². The van der Waals surface area contributed by atoms with E-state index in [1.54, 1.807) is 10.7 Å². The van der Waals surface area contributed by atoms with Gasteiger partial charge in [0.05, 0.1) is 12.2 Å². The van der Waals surface area contributed by atoms with E-state index in [1.165, 1.54) is 0 Å². The Bertz CT molecular complexity index is 1080. The number of amides is 1. The first-order valence-electron chi connectivity index (χ1n) is 8.34. The molecule has 130 valence electrons. The Balaban J connectivity index is 1.83. The van der Waals surface area contributed by atoms with Gasteiger partial charge in [0.15, 0.2) is 0 Å². The number of nitrogens with two attached hydrogens (primary N) is 1. The van der Waals surface area contributed by atoms with Crippen molar-refractivity contribution in [3.8, 4) is 11.3 Å². The number of rotatable bonds is 4. The summed E-state index contributed by atoms with van der Waals surface area (Å²) in [5.74, 6) is 5.00. The molecule has 3 N–H and O–H groups in total. The maximum absolute atomic E-state index is 12.2. The van der Waals surface area contributed by atoms with Crippen LogP contribution in [0.2, 0.25) is 0 Å². The van der Waals surface area contributed by atoms with Crippen molar-refractivity contribution in [2.24, 2.45) is 12.9 Å². The number of carbonyl (C=O) groups excluding carboxylic acids is 1. The van der Waals surface area contributed by atoms with Crippen molar-refractivity contribution in [3.05, 3.63) is 78.1 Å². The van der Waals surface area contributed by atoms with Crippen molar-refractivity contribution >= 4 is 16.8 Å². The van der Waals surface area contributed by atoms with Crippen LogP contribution >= 0.6 is 0 Å². The van der Waals surface area contributed by atoms with Gasteiger partial charge in [0.1, 0.15) is 5.69 Å². The number of hydrogen-bond donors (Lipinski definition) is 2. The fraction of sp³-hybridized carbons (Fsp3) is 0.100. The van der Waals surface area contributed by atoms with Crippen molar-refractivity contribution in [3.63, 3.8) is 0 Å². The zero-order chi connectivity index (χ0) is 18.1. The van der Waals surface area contributed by atoms with Gasteiger partial charge in [-0.2, -0.15) is 5.10 Å². The van der Waals surface area contributed by atoms with Crippen LogP contribution < -0.4 is 11.3 Å². The second-order valence-electron chi connectivity index (χ2n) is 6.20. The predicted octanol–water partition coefficient (Wildman–Crippen LogP) is 2.69. The Morgan fingerprint density at radius 2 is 1.85 bits per heavy atom. The first-order valence-corrected chi connectivity index (χ1v) is 8.34. The van der Waals surface area contributed by atoms with E-state index in [0.717, 1.165) is 27.7 Å². The van der Waals surface area contributed by atoms with E-state index in [-0.39, 0.29) is 5.91 Å². The molecular weight excluding hydrogens is 326 g/mol. The highest BCUT2D eigenvalue weighted by Gasteiger charge is 2.18. The highest BCUT2D eigenvalue weighted by molar-refractivity contribution is 5.98. The zero-order valence-electron chi connectivity index (χ0n) is 14.4. The first-order chi connectivity index (χ1) is 12.7. The summed E-state index contributed by atoms with van der Waals surface area (Å²) in [5, 5.41) is 5.79. The van der Waals surface area contributed by atoms with Gasteiger partial charge in [-0.25, -0.2) is 5.84 Å². The molecular formula is C20H19N5O. The van der Waals surface area contributed by atoms with Crippen molar-refractivity contribution in [2.75, 3.05) is 0 Å². The highest BCUT2D eigenvalue weighted by atomic mass is 16.2.